The second-order valence-corrected chi connectivity index (χ2v) is 2.24. The molecule has 0 rings (SSSR count). The second kappa shape index (κ2) is 11.1. The van der Waals surface area contributed by atoms with Gasteiger partial charge in [-0.2, -0.15) is 0 Å². The van der Waals surface area contributed by atoms with Gasteiger partial charge in [0.25, 0.3) is 0 Å². The summed E-state index contributed by atoms with van der Waals surface area (Å²) in [7, 11) is 0. The number of nitrogens with two attached hydrogens (primary N) is 2. The van der Waals surface area contributed by atoms with E-state index in [1.807, 2.05) is 0 Å². The van der Waals surface area contributed by atoms with Crippen LogP contribution in [0.15, 0.2) is 9.81 Å². The van der Waals surface area contributed by atoms with Gasteiger partial charge < -0.3 is 36.7 Å². The summed E-state index contributed by atoms with van der Waals surface area (Å²) in [6.45, 7) is 0.677. The first kappa shape index (κ1) is 18.0. The van der Waals surface area contributed by atoms with Gasteiger partial charge in [-0.25, -0.2) is 9.81 Å². The Bertz CT molecular complexity index is 95.4. The van der Waals surface area contributed by atoms with Crippen LogP contribution >= 0.6 is 0 Å². The van der Waals surface area contributed by atoms with Gasteiger partial charge in [0.1, 0.15) is 0 Å². The molecule has 6 heteroatoms. The van der Waals surface area contributed by atoms with E-state index in [-0.39, 0.29) is 59.1 Å². The minimum absolute atomic E-state index is 0. The van der Waals surface area contributed by atoms with Crippen molar-refractivity contribution < 1.29 is 59.1 Å². The molecule has 0 amide bonds. The van der Waals surface area contributed by atoms with E-state index in [0.717, 1.165) is 0 Å². The third kappa shape index (κ3) is 8.20. The van der Waals surface area contributed by atoms with Crippen molar-refractivity contribution in [3.8, 4) is 0 Å². The Balaban J connectivity index is -0.000000245. The standard InChI is InChI=1S/C4H10N2S2.2Na/c5-1-3(7)4(8)2-6;;/h7-8H,1-2,5-6H2;;/q;2*+1/p-2/b4-3-;;. The fourth-order valence-corrected chi connectivity index (χ4v) is 0.394. The quantitative estimate of drug-likeness (QED) is 0.339. The van der Waals surface area contributed by atoms with Gasteiger partial charge in [0.05, 0.1) is 0 Å². The summed E-state index contributed by atoms with van der Waals surface area (Å²) in [6.07, 6.45) is 0. The molecule has 0 bridgehead atoms. The summed E-state index contributed by atoms with van der Waals surface area (Å²) in [5, 5.41) is 0. The number of hydrogen-bond acceptors (Lipinski definition) is 4. The Morgan fingerprint density at radius 1 is 0.900 bits per heavy atom. The maximum Gasteiger partial charge on any atom is 1.00 e. The van der Waals surface area contributed by atoms with E-state index in [2.05, 4.69) is 0 Å². The van der Waals surface area contributed by atoms with E-state index < -0.39 is 0 Å². The maximum absolute atomic E-state index is 5.16. The summed E-state index contributed by atoms with van der Waals surface area (Å²) >= 11 is 9.46. The molecule has 2 nitrogen and oxygen atoms in total. The van der Waals surface area contributed by atoms with Crippen molar-refractivity contribution in [1.82, 2.24) is 0 Å². The first-order valence-corrected chi connectivity index (χ1v) is 3.00. The molecule has 0 atom stereocenters. The predicted octanol–water partition coefficient (Wildman–Crippen LogP) is -6.78. The molecule has 0 unspecified atom stereocenters. The van der Waals surface area contributed by atoms with Crippen molar-refractivity contribution in [1.29, 1.82) is 0 Å². The van der Waals surface area contributed by atoms with Crippen LogP contribution in [-0.2, 0) is 25.3 Å². The molecule has 0 aromatic rings. The predicted molar refractivity (Wildman–Crippen MR) is 39.9 cm³/mol. The van der Waals surface area contributed by atoms with Crippen molar-refractivity contribution in [2.24, 2.45) is 11.5 Å². The molecule has 0 spiro atoms. The van der Waals surface area contributed by atoms with Crippen LogP contribution in [0.2, 0.25) is 0 Å². The Labute approximate surface area is 117 Å². The van der Waals surface area contributed by atoms with E-state index >= 15 is 0 Å². The van der Waals surface area contributed by atoms with Crippen LogP contribution in [0.4, 0.5) is 0 Å². The Kier molecular flexibility index (Phi) is 20.0. The van der Waals surface area contributed by atoms with Crippen LogP contribution in [-0.4, -0.2) is 13.1 Å². The molecule has 4 N–H and O–H groups in total. The molecule has 48 valence electrons. The first-order chi connectivity index (χ1) is 3.72. The SMILES string of the molecule is NC/C([S-])=C(/[S-])CN.[Na+].[Na+]. The molecule has 0 saturated heterocycles. The Hall–Kier alpha value is 2.10. The fraction of sp³-hybridized carbons (Fsp3) is 0.500. The van der Waals surface area contributed by atoms with Gasteiger partial charge in [-0.3, -0.25) is 0 Å². The van der Waals surface area contributed by atoms with Crippen LogP contribution in [0.25, 0.3) is 0 Å². The van der Waals surface area contributed by atoms with E-state index in [4.69, 9.17) is 36.7 Å². The molecule has 0 aromatic carbocycles. The largest absolute Gasteiger partial charge is 1.00 e. The van der Waals surface area contributed by atoms with E-state index in [0.29, 0.717) is 22.9 Å². The third-order valence-corrected chi connectivity index (χ3v) is 1.64. The molecule has 0 aromatic heterocycles. The van der Waals surface area contributed by atoms with Crippen molar-refractivity contribution >= 4 is 25.3 Å². The Morgan fingerprint density at radius 2 is 1.10 bits per heavy atom. The molecule has 0 aliphatic rings. The second-order valence-electron chi connectivity index (χ2n) is 1.25. The molecule has 0 heterocycles. The van der Waals surface area contributed by atoms with Crippen molar-refractivity contribution in [2.75, 3.05) is 13.1 Å². The summed E-state index contributed by atoms with van der Waals surface area (Å²) in [4.78, 5) is 1.20. The monoisotopic (exact) mass is 194 g/mol. The number of hydrogen-bond donors (Lipinski definition) is 2. The summed E-state index contributed by atoms with van der Waals surface area (Å²) in [5.41, 5.74) is 10.3. The number of rotatable bonds is 2. The topological polar surface area (TPSA) is 52.0 Å². The zero-order chi connectivity index (χ0) is 6.57. The zero-order valence-electron chi connectivity index (χ0n) is 6.39. The van der Waals surface area contributed by atoms with Crippen LogP contribution in [0, 0.1) is 0 Å². The first-order valence-electron chi connectivity index (χ1n) is 2.18. The third-order valence-electron chi connectivity index (χ3n) is 0.682. The van der Waals surface area contributed by atoms with Gasteiger partial charge in [0.2, 0.25) is 0 Å². The normalized spacial score (nSPS) is 10.6. The maximum atomic E-state index is 5.16. The fourth-order valence-electron chi connectivity index (χ4n) is 0.228. The smallest absolute Gasteiger partial charge is 0.784 e. The van der Waals surface area contributed by atoms with Gasteiger partial charge in [0, 0.05) is 0 Å². The van der Waals surface area contributed by atoms with E-state index in [1.165, 1.54) is 0 Å². The van der Waals surface area contributed by atoms with Gasteiger partial charge in [-0.15, -0.1) is 0 Å². The van der Waals surface area contributed by atoms with Gasteiger partial charge in [0.15, 0.2) is 0 Å². The van der Waals surface area contributed by atoms with Crippen molar-refractivity contribution in [3.63, 3.8) is 0 Å². The zero-order valence-corrected chi connectivity index (χ0v) is 12.0. The van der Waals surface area contributed by atoms with Gasteiger partial charge in [-0.05, 0) is 13.1 Å². The summed E-state index contributed by atoms with van der Waals surface area (Å²) in [5.74, 6) is 0. The summed E-state index contributed by atoms with van der Waals surface area (Å²) in [6, 6.07) is 0. The Morgan fingerprint density at radius 3 is 1.20 bits per heavy atom. The average Bonchev–Trinajstić information content (AvgIpc) is 1.84. The van der Waals surface area contributed by atoms with Gasteiger partial charge in [-0.1, -0.05) is 0 Å². The van der Waals surface area contributed by atoms with Crippen LogP contribution in [0.1, 0.15) is 0 Å². The molecule has 0 aliphatic heterocycles. The average molecular weight is 194 g/mol. The van der Waals surface area contributed by atoms with Crippen molar-refractivity contribution in [3.05, 3.63) is 9.81 Å². The van der Waals surface area contributed by atoms with E-state index in [1.54, 1.807) is 0 Å². The molecular formula is C4H8N2Na2S2. The molecule has 0 aliphatic carbocycles. The minimum Gasteiger partial charge on any atom is -0.784 e. The molecule has 0 fully saturated rings. The molecule has 0 radical (unpaired) electrons. The van der Waals surface area contributed by atoms with Crippen LogP contribution < -0.4 is 70.6 Å². The van der Waals surface area contributed by atoms with Gasteiger partial charge >= 0.3 is 59.1 Å². The summed E-state index contributed by atoms with van der Waals surface area (Å²) < 4.78 is 0. The van der Waals surface area contributed by atoms with Crippen LogP contribution in [0.3, 0.4) is 0 Å². The van der Waals surface area contributed by atoms with Crippen molar-refractivity contribution in [2.45, 2.75) is 0 Å². The molecule has 0 saturated carbocycles. The minimum atomic E-state index is 0. The van der Waals surface area contributed by atoms with E-state index in [9.17, 15) is 0 Å². The van der Waals surface area contributed by atoms with Crippen LogP contribution in [0.5, 0.6) is 0 Å². The molecule has 10 heavy (non-hydrogen) atoms. The molecular weight excluding hydrogens is 186 g/mol.